The monoisotopic (exact) mass is 287 g/mol. The van der Waals surface area contributed by atoms with Gasteiger partial charge in [0, 0.05) is 18.2 Å². The summed E-state index contributed by atoms with van der Waals surface area (Å²) in [5, 5.41) is 31.8. The lowest BCUT2D eigenvalue weighted by atomic mass is 10.1. The van der Waals surface area contributed by atoms with Crippen molar-refractivity contribution in [1.82, 2.24) is 5.32 Å². The van der Waals surface area contributed by atoms with Crippen LogP contribution in [-0.4, -0.2) is 21.4 Å². The van der Waals surface area contributed by atoms with Crippen molar-refractivity contribution >= 4 is 0 Å². The fraction of sp³-hybridized carbons (Fsp3) is 0.294. The Labute approximate surface area is 124 Å². The molecule has 2 aromatic rings. The summed E-state index contributed by atoms with van der Waals surface area (Å²) >= 11 is 0. The number of aryl methyl sites for hydroxylation is 1. The molecule has 0 bridgehead atoms. The number of hydrogen-bond acceptors (Lipinski definition) is 4. The van der Waals surface area contributed by atoms with E-state index in [-0.39, 0.29) is 17.5 Å². The van der Waals surface area contributed by atoms with Crippen LogP contribution in [-0.2, 0) is 13.0 Å². The quantitative estimate of drug-likeness (QED) is 0.616. The summed E-state index contributed by atoms with van der Waals surface area (Å²) in [6, 6.07) is 13.5. The first-order valence-electron chi connectivity index (χ1n) is 7.08. The molecule has 0 fully saturated rings. The Morgan fingerprint density at radius 1 is 0.952 bits per heavy atom. The van der Waals surface area contributed by atoms with Gasteiger partial charge in [0.15, 0.2) is 11.5 Å². The van der Waals surface area contributed by atoms with Gasteiger partial charge in [0.05, 0.1) is 0 Å². The molecule has 0 amide bonds. The van der Waals surface area contributed by atoms with E-state index in [1.165, 1.54) is 11.6 Å². The molecule has 2 rings (SSSR count). The molecule has 0 aromatic heterocycles. The van der Waals surface area contributed by atoms with E-state index in [2.05, 4.69) is 24.4 Å². The van der Waals surface area contributed by atoms with E-state index in [9.17, 15) is 15.3 Å². The third kappa shape index (κ3) is 4.13. The lowest BCUT2D eigenvalue weighted by Crippen LogP contribution is -2.26. The van der Waals surface area contributed by atoms with Crippen LogP contribution in [0, 0.1) is 0 Å². The predicted molar refractivity (Wildman–Crippen MR) is 82.5 cm³/mol. The maximum Gasteiger partial charge on any atom is 0.200 e. The summed E-state index contributed by atoms with van der Waals surface area (Å²) in [5.74, 6) is -1.04. The number of phenols is 3. The summed E-state index contributed by atoms with van der Waals surface area (Å²) in [4.78, 5) is 0. The normalized spacial score (nSPS) is 12.2. The van der Waals surface area contributed by atoms with Crippen LogP contribution >= 0.6 is 0 Å². The molecule has 4 nitrogen and oxygen atoms in total. The van der Waals surface area contributed by atoms with Crippen LogP contribution < -0.4 is 5.32 Å². The van der Waals surface area contributed by atoms with Gasteiger partial charge < -0.3 is 20.6 Å². The van der Waals surface area contributed by atoms with Crippen molar-refractivity contribution in [3.63, 3.8) is 0 Å². The van der Waals surface area contributed by atoms with Gasteiger partial charge in [-0.2, -0.15) is 0 Å². The molecule has 112 valence electrons. The van der Waals surface area contributed by atoms with Gasteiger partial charge >= 0.3 is 0 Å². The molecular formula is C17H21NO3. The van der Waals surface area contributed by atoms with Crippen molar-refractivity contribution in [2.45, 2.75) is 32.4 Å². The topological polar surface area (TPSA) is 72.7 Å². The molecule has 0 radical (unpaired) electrons. The first kappa shape index (κ1) is 15.2. The van der Waals surface area contributed by atoms with Crippen molar-refractivity contribution in [3.8, 4) is 17.2 Å². The van der Waals surface area contributed by atoms with Gasteiger partial charge in [-0.05, 0) is 31.4 Å². The van der Waals surface area contributed by atoms with Gasteiger partial charge in [-0.15, -0.1) is 0 Å². The number of nitrogens with one attached hydrogen (secondary N) is 1. The van der Waals surface area contributed by atoms with Crippen LogP contribution in [0.4, 0.5) is 0 Å². The number of phenolic OH excluding ortho intramolecular Hbond substituents is 3. The molecule has 0 saturated carbocycles. The van der Waals surface area contributed by atoms with Crippen LogP contribution in [0.1, 0.15) is 24.5 Å². The second kappa shape index (κ2) is 6.99. The van der Waals surface area contributed by atoms with Crippen LogP contribution in [0.2, 0.25) is 0 Å². The second-order valence-corrected chi connectivity index (χ2v) is 5.25. The Balaban J connectivity index is 1.84. The van der Waals surface area contributed by atoms with E-state index in [1.54, 1.807) is 6.07 Å². The number of rotatable bonds is 6. The largest absolute Gasteiger partial charge is 0.504 e. The second-order valence-electron chi connectivity index (χ2n) is 5.25. The van der Waals surface area contributed by atoms with E-state index < -0.39 is 5.75 Å². The molecule has 0 aliphatic heterocycles. The minimum Gasteiger partial charge on any atom is -0.504 e. The zero-order valence-corrected chi connectivity index (χ0v) is 12.1. The van der Waals surface area contributed by atoms with Gasteiger partial charge in [0.25, 0.3) is 0 Å². The Morgan fingerprint density at radius 2 is 1.67 bits per heavy atom. The first-order valence-corrected chi connectivity index (χ1v) is 7.08. The highest BCUT2D eigenvalue weighted by molar-refractivity contribution is 5.53. The Bertz CT molecular complexity index is 584. The van der Waals surface area contributed by atoms with Gasteiger partial charge in [-0.3, -0.25) is 0 Å². The summed E-state index contributed by atoms with van der Waals surface area (Å²) in [7, 11) is 0. The SMILES string of the molecule is CC(CCc1ccccc1)NCc1ccc(O)c(O)c1O. The highest BCUT2D eigenvalue weighted by atomic mass is 16.3. The fourth-order valence-electron chi connectivity index (χ4n) is 2.17. The molecule has 21 heavy (non-hydrogen) atoms. The van der Waals surface area contributed by atoms with Crippen LogP contribution in [0.25, 0.3) is 0 Å². The molecule has 0 saturated heterocycles. The van der Waals surface area contributed by atoms with Crippen LogP contribution in [0.15, 0.2) is 42.5 Å². The highest BCUT2D eigenvalue weighted by Gasteiger charge is 2.11. The van der Waals surface area contributed by atoms with E-state index in [0.29, 0.717) is 12.1 Å². The lowest BCUT2D eigenvalue weighted by Gasteiger charge is -2.15. The van der Waals surface area contributed by atoms with E-state index in [1.807, 2.05) is 18.2 Å². The van der Waals surface area contributed by atoms with Crippen molar-refractivity contribution in [3.05, 3.63) is 53.6 Å². The Morgan fingerprint density at radius 3 is 2.38 bits per heavy atom. The van der Waals surface area contributed by atoms with E-state index >= 15 is 0 Å². The maximum atomic E-state index is 9.75. The number of benzene rings is 2. The summed E-state index contributed by atoms with van der Waals surface area (Å²) < 4.78 is 0. The molecule has 0 heterocycles. The zero-order valence-electron chi connectivity index (χ0n) is 12.1. The number of hydrogen-bond donors (Lipinski definition) is 4. The van der Waals surface area contributed by atoms with Crippen LogP contribution in [0.3, 0.4) is 0 Å². The lowest BCUT2D eigenvalue weighted by molar-refractivity contribution is 0.363. The molecule has 4 heteroatoms. The molecule has 1 unspecified atom stereocenters. The van der Waals surface area contributed by atoms with Gasteiger partial charge in [-0.1, -0.05) is 36.4 Å². The average Bonchev–Trinajstić information content (AvgIpc) is 2.51. The molecule has 0 spiro atoms. The van der Waals surface area contributed by atoms with Gasteiger partial charge in [-0.25, -0.2) is 0 Å². The Hall–Kier alpha value is -2.20. The van der Waals surface area contributed by atoms with Crippen molar-refractivity contribution < 1.29 is 15.3 Å². The van der Waals surface area contributed by atoms with Crippen molar-refractivity contribution in [1.29, 1.82) is 0 Å². The summed E-state index contributed by atoms with van der Waals surface area (Å²) in [6.07, 6.45) is 1.97. The van der Waals surface area contributed by atoms with E-state index in [0.717, 1.165) is 12.8 Å². The molecule has 2 aromatic carbocycles. The molecule has 0 aliphatic rings. The third-order valence-electron chi connectivity index (χ3n) is 3.56. The first-order chi connectivity index (χ1) is 10.1. The summed E-state index contributed by atoms with van der Waals surface area (Å²) in [5.41, 5.74) is 1.87. The molecular weight excluding hydrogens is 266 g/mol. The summed E-state index contributed by atoms with van der Waals surface area (Å²) in [6.45, 7) is 2.52. The van der Waals surface area contributed by atoms with Crippen molar-refractivity contribution in [2.24, 2.45) is 0 Å². The van der Waals surface area contributed by atoms with Gasteiger partial charge in [0.2, 0.25) is 5.75 Å². The fourth-order valence-corrected chi connectivity index (χ4v) is 2.17. The van der Waals surface area contributed by atoms with Crippen LogP contribution in [0.5, 0.6) is 17.2 Å². The zero-order chi connectivity index (χ0) is 15.2. The minimum atomic E-state index is -0.466. The third-order valence-corrected chi connectivity index (χ3v) is 3.56. The Kier molecular flexibility index (Phi) is 5.06. The smallest absolute Gasteiger partial charge is 0.200 e. The number of aromatic hydroxyl groups is 3. The maximum absolute atomic E-state index is 9.75. The average molecular weight is 287 g/mol. The predicted octanol–water partition coefficient (Wildman–Crippen LogP) is 2.91. The van der Waals surface area contributed by atoms with Gasteiger partial charge in [0.1, 0.15) is 0 Å². The molecule has 0 aliphatic carbocycles. The van der Waals surface area contributed by atoms with Crippen molar-refractivity contribution in [2.75, 3.05) is 0 Å². The highest BCUT2D eigenvalue weighted by Crippen LogP contribution is 2.36. The van der Waals surface area contributed by atoms with E-state index in [4.69, 9.17) is 0 Å². The molecule has 4 N–H and O–H groups in total. The molecule has 1 atom stereocenters. The minimum absolute atomic E-state index is 0.266. The standard InChI is InChI=1S/C17H21NO3/c1-12(7-8-13-5-3-2-4-6-13)18-11-14-9-10-15(19)17(21)16(14)20/h2-6,9-10,12,18-21H,7-8,11H2,1H3.